The van der Waals surface area contributed by atoms with Gasteiger partial charge in [0, 0.05) is 30.4 Å². The van der Waals surface area contributed by atoms with Crippen LogP contribution in [0.2, 0.25) is 0 Å². The van der Waals surface area contributed by atoms with Gasteiger partial charge in [-0.1, -0.05) is 6.07 Å². The molecule has 26 heavy (non-hydrogen) atoms. The Balaban J connectivity index is 1.67. The van der Waals surface area contributed by atoms with E-state index in [9.17, 15) is 9.18 Å². The molecule has 2 aliphatic rings. The minimum absolute atomic E-state index is 0.0102. The predicted molar refractivity (Wildman–Crippen MR) is 98.3 cm³/mol. The van der Waals surface area contributed by atoms with Crippen molar-refractivity contribution >= 4 is 5.91 Å². The smallest absolute Gasteiger partial charge is 0.274 e. The van der Waals surface area contributed by atoms with Crippen LogP contribution in [0.15, 0.2) is 18.2 Å². The van der Waals surface area contributed by atoms with Gasteiger partial charge in [0.1, 0.15) is 11.5 Å². The fraction of sp³-hybridized carbons (Fsp3) is 0.500. The van der Waals surface area contributed by atoms with Gasteiger partial charge in [0.05, 0.1) is 0 Å². The van der Waals surface area contributed by atoms with Crippen molar-refractivity contribution in [1.29, 1.82) is 0 Å². The Morgan fingerprint density at radius 2 is 2.04 bits per heavy atom. The molecule has 4 rings (SSSR count). The zero-order chi connectivity index (χ0) is 18.3. The average Bonchev–Trinajstić information content (AvgIpc) is 3.24. The highest BCUT2D eigenvalue weighted by Gasteiger charge is 2.31. The molecule has 0 radical (unpaired) electrons. The Hall–Kier alpha value is -2.21. The number of rotatable bonds is 3. The molecular weight excluding hydrogens is 331 g/mol. The number of nitrogens with one attached hydrogen (secondary N) is 1. The molecule has 0 atom stereocenters. The molecule has 1 aromatic carbocycles. The molecule has 0 saturated carbocycles. The van der Waals surface area contributed by atoms with Crippen LogP contribution in [0, 0.1) is 12.7 Å². The van der Waals surface area contributed by atoms with Crippen LogP contribution < -0.4 is 5.32 Å². The van der Waals surface area contributed by atoms with Gasteiger partial charge in [-0.05, 0) is 63.8 Å². The SMILES string of the molecule is CNC1CCN(C(=O)c2nn(-c3ccc(C)cc3F)c3c2CCC3)CC1. The highest BCUT2D eigenvalue weighted by Crippen LogP contribution is 2.30. The van der Waals surface area contributed by atoms with E-state index >= 15 is 0 Å². The molecule has 0 unspecified atom stereocenters. The first-order valence-electron chi connectivity index (χ1n) is 9.42. The van der Waals surface area contributed by atoms with Crippen LogP contribution in [0.4, 0.5) is 4.39 Å². The van der Waals surface area contributed by atoms with Crippen LogP contribution in [0.1, 0.15) is 46.6 Å². The number of carbonyl (C=O) groups is 1. The van der Waals surface area contributed by atoms with Crippen LogP contribution in [-0.2, 0) is 12.8 Å². The van der Waals surface area contributed by atoms with Crippen LogP contribution in [0.25, 0.3) is 5.69 Å². The number of benzene rings is 1. The number of amides is 1. The van der Waals surface area contributed by atoms with E-state index in [1.807, 2.05) is 24.9 Å². The Morgan fingerprint density at radius 1 is 1.27 bits per heavy atom. The summed E-state index contributed by atoms with van der Waals surface area (Å²) in [5.74, 6) is -0.306. The van der Waals surface area contributed by atoms with Crippen LogP contribution in [-0.4, -0.2) is 46.8 Å². The summed E-state index contributed by atoms with van der Waals surface area (Å²) in [7, 11) is 1.97. The molecule has 2 heterocycles. The number of aryl methyl sites for hydroxylation is 1. The van der Waals surface area contributed by atoms with Gasteiger partial charge in [-0.25, -0.2) is 9.07 Å². The van der Waals surface area contributed by atoms with E-state index in [0.29, 0.717) is 17.4 Å². The van der Waals surface area contributed by atoms with Gasteiger partial charge in [0.25, 0.3) is 5.91 Å². The maximum Gasteiger partial charge on any atom is 0.274 e. The van der Waals surface area contributed by atoms with Gasteiger partial charge in [0.15, 0.2) is 5.69 Å². The highest BCUT2D eigenvalue weighted by molar-refractivity contribution is 5.94. The monoisotopic (exact) mass is 356 g/mol. The number of piperidine rings is 1. The molecule has 2 aromatic rings. The molecule has 0 spiro atoms. The lowest BCUT2D eigenvalue weighted by Gasteiger charge is -2.31. The van der Waals surface area contributed by atoms with Gasteiger partial charge < -0.3 is 10.2 Å². The van der Waals surface area contributed by atoms with E-state index in [2.05, 4.69) is 10.4 Å². The Morgan fingerprint density at radius 3 is 2.73 bits per heavy atom. The van der Waals surface area contributed by atoms with E-state index in [4.69, 9.17) is 0 Å². The summed E-state index contributed by atoms with van der Waals surface area (Å²) < 4.78 is 16.1. The largest absolute Gasteiger partial charge is 0.337 e. The first kappa shape index (κ1) is 17.2. The number of halogens is 1. The topological polar surface area (TPSA) is 50.2 Å². The van der Waals surface area contributed by atoms with Crippen LogP contribution in [0.3, 0.4) is 0 Å². The van der Waals surface area contributed by atoms with Crippen molar-refractivity contribution in [3.8, 4) is 5.69 Å². The molecule has 6 heteroatoms. The third kappa shape index (κ3) is 2.92. The van der Waals surface area contributed by atoms with E-state index < -0.39 is 0 Å². The molecule has 1 saturated heterocycles. The van der Waals surface area contributed by atoms with Crippen molar-refractivity contribution in [2.75, 3.05) is 20.1 Å². The lowest BCUT2D eigenvalue weighted by Crippen LogP contribution is -2.44. The van der Waals surface area contributed by atoms with Crippen molar-refractivity contribution in [3.63, 3.8) is 0 Å². The van der Waals surface area contributed by atoms with E-state index in [1.54, 1.807) is 10.7 Å². The first-order valence-corrected chi connectivity index (χ1v) is 9.42. The summed E-state index contributed by atoms with van der Waals surface area (Å²) in [4.78, 5) is 15.0. The number of nitrogens with zero attached hydrogens (tertiary/aromatic N) is 3. The number of hydrogen-bond acceptors (Lipinski definition) is 3. The molecular formula is C20H25FN4O. The summed E-state index contributed by atoms with van der Waals surface area (Å²) in [5, 5.41) is 7.86. The van der Waals surface area contributed by atoms with Gasteiger partial charge in [-0.3, -0.25) is 4.79 Å². The lowest BCUT2D eigenvalue weighted by molar-refractivity contribution is 0.0700. The van der Waals surface area contributed by atoms with Gasteiger partial charge in [0.2, 0.25) is 0 Å². The molecule has 1 aromatic heterocycles. The maximum atomic E-state index is 14.5. The number of hydrogen-bond donors (Lipinski definition) is 1. The first-order chi connectivity index (χ1) is 12.6. The summed E-state index contributed by atoms with van der Waals surface area (Å²) in [5.41, 5.74) is 3.81. The standard InChI is InChI=1S/C20H25FN4O/c1-13-6-7-18(16(21)12-13)25-17-5-3-4-15(17)19(23-25)20(26)24-10-8-14(22-2)9-11-24/h6-7,12,14,22H,3-5,8-11H2,1-2H3. The number of carbonyl (C=O) groups excluding carboxylic acids is 1. The quantitative estimate of drug-likeness (QED) is 0.920. The summed E-state index contributed by atoms with van der Waals surface area (Å²) in [6.45, 7) is 3.35. The zero-order valence-electron chi connectivity index (χ0n) is 15.4. The number of fused-ring (bicyclic) bond motifs is 1. The molecule has 1 aliphatic heterocycles. The molecule has 138 valence electrons. The van der Waals surface area contributed by atoms with Gasteiger partial charge in [-0.2, -0.15) is 5.10 Å². The minimum Gasteiger partial charge on any atom is -0.337 e. The number of likely N-dealkylation sites (tertiary alicyclic amines) is 1. The molecule has 5 nitrogen and oxygen atoms in total. The Bertz CT molecular complexity index is 837. The molecule has 1 N–H and O–H groups in total. The van der Waals surface area contributed by atoms with Crippen molar-refractivity contribution in [3.05, 3.63) is 46.5 Å². The summed E-state index contributed by atoms with van der Waals surface area (Å²) >= 11 is 0. The summed E-state index contributed by atoms with van der Waals surface area (Å²) in [6, 6.07) is 5.63. The van der Waals surface area contributed by atoms with Crippen molar-refractivity contribution < 1.29 is 9.18 Å². The molecule has 1 aliphatic carbocycles. The third-order valence-corrected chi connectivity index (χ3v) is 5.65. The Labute approximate surface area is 153 Å². The maximum absolute atomic E-state index is 14.5. The fourth-order valence-electron chi connectivity index (χ4n) is 4.11. The van der Waals surface area contributed by atoms with E-state index in [-0.39, 0.29) is 11.7 Å². The normalized spacial score (nSPS) is 17.6. The predicted octanol–water partition coefficient (Wildman–Crippen LogP) is 2.63. The van der Waals surface area contributed by atoms with Crippen molar-refractivity contribution in [2.24, 2.45) is 0 Å². The average molecular weight is 356 g/mol. The van der Waals surface area contributed by atoms with Crippen LogP contribution in [0.5, 0.6) is 0 Å². The lowest BCUT2D eigenvalue weighted by atomic mass is 10.0. The van der Waals surface area contributed by atoms with E-state index in [0.717, 1.165) is 62.0 Å². The van der Waals surface area contributed by atoms with Crippen molar-refractivity contribution in [1.82, 2.24) is 20.0 Å². The molecule has 1 amide bonds. The third-order valence-electron chi connectivity index (χ3n) is 5.65. The zero-order valence-corrected chi connectivity index (χ0v) is 15.4. The fourth-order valence-corrected chi connectivity index (χ4v) is 4.11. The summed E-state index contributed by atoms with van der Waals surface area (Å²) in [6.07, 6.45) is 4.58. The van der Waals surface area contributed by atoms with Gasteiger partial charge >= 0.3 is 0 Å². The number of aromatic nitrogens is 2. The second kappa shape index (κ2) is 6.83. The van der Waals surface area contributed by atoms with E-state index in [1.165, 1.54) is 6.07 Å². The van der Waals surface area contributed by atoms with Gasteiger partial charge in [-0.15, -0.1) is 0 Å². The van der Waals surface area contributed by atoms with Crippen LogP contribution >= 0.6 is 0 Å². The minimum atomic E-state index is -0.295. The van der Waals surface area contributed by atoms with Crippen molar-refractivity contribution in [2.45, 2.75) is 45.1 Å². The highest BCUT2D eigenvalue weighted by atomic mass is 19.1. The second-order valence-electron chi connectivity index (χ2n) is 7.35. The Kier molecular flexibility index (Phi) is 4.53. The second-order valence-corrected chi connectivity index (χ2v) is 7.35. The molecule has 1 fully saturated rings. The molecule has 0 bridgehead atoms.